The maximum atomic E-state index is 12.0. The fraction of sp³-hybridized carbons (Fsp3) is 0.471. The Labute approximate surface area is 135 Å². The first-order valence-corrected chi connectivity index (χ1v) is 8.04. The third kappa shape index (κ3) is 3.88. The highest BCUT2D eigenvalue weighted by Crippen LogP contribution is 2.21. The van der Waals surface area contributed by atoms with Gasteiger partial charge in [0.05, 0.1) is 0 Å². The molecule has 0 saturated heterocycles. The fourth-order valence-electron chi connectivity index (χ4n) is 2.18. The van der Waals surface area contributed by atoms with Crippen molar-refractivity contribution in [3.8, 4) is 0 Å². The van der Waals surface area contributed by atoms with Crippen molar-refractivity contribution in [1.82, 2.24) is 15.5 Å². The van der Waals surface area contributed by atoms with Crippen LogP contribution >= 0.6 is 0 Å². The maximum Gasteiger partial charge on any atom is 0.251 e. The predicted molar refractivity (Wildman–Crippen MR) is 87.4 cm³/mol. The van der Waals surface area contributed by atoms with Crippen LogP contribution in [0.3, 0.4) is 0 Å². The van der Waals surface area contributed by atoms with E-state index in [2.05, 4.69) is 20.8 Å². The van der Waals surface area contributed by atoms with E-state index in [4.69, 9.17) is 4.52 Å². The zero-order valence-electron chi connectivity index (χ0n) is 13.7. The van der Waals surface area contributed by atoms with Gasteiger partial charge in [0.1, 0.15) is 6.04 Å². The zero-order chi connectivity index (χ0) is 16.4. The van der Waals surface area contributed by atoms with Crippen LogP contribution in [-0.4, -0.2) is 22.1 Å². The smallest absolute Gasteiger partial charge is 0.251 e. The minimum atomic E-state index is -0.0962. The lowest BCUT2D eigenvalue weighted by molar-refractivity contribution is 0.0951. The van der Waals surface area contributed by atoms with Gasteiger partial charge < -0.3 is 15.2 Å². The van der Waals surface area contributed by atoms with Crippen molar-refractivity contribution in [2.45, 2.75) is 51.6 Å². The molecule has 6 nitrogen and oxygen atoms in total. The number of hydrogen-bond donors (Lipinski definition) is 2. The third-order valence-corrected chi connectivity index (χ3v) is 3.79. The van der Waals surface area contributed by atoms with Gasteiger partial charge in [0.2, 0.25) is 5.89 Å². The van der Waals surface area contributed by atoms with Crippen molar-refractivity contribution in [2.75, 3.05) is 5.32 Å². The van der Waals surface area contributed by atoms with E-state index < -0.39 is 0 Å². The highest BCUT2D eigenvalue weighted by atomic mass is 16.5. The summed E-state index contributed by atoms with van der Waals surface area (Å²) in [6.07, 6.45) is 2.18. The van der Waals surface area contributed by atoms with Crippen LogP contribution in [0.25, 0.3) is 0 Å². The number of anilines is 1. The van der Waals surface area contributed by atoms with Gasteiger partial charge in [-0.1, -0.05) is 19.0 Å². The number of carbonyl (C=O) groups is 1. The number of carbonyl (C=O) groups excluding carboxylic acids is 1. The second-order valence-electron chi connectivity index (χ2n) is 6.34. The molecule has 23 heavy (non-hydrogen) atoms. The average Bonchev–Trinajstić information content (AvgIpc) is 3.19. The van der Waals surface area contributed by atoms with E-state index in [1.54, 1.807) is 0 Å². The van der Waals surface area contributed by atoms with Crippen LogP contribution < -0.4 is 10.6 Å². The van der Waals surface area contributed by atoms with Crippen molar-refractivity contribution in [3.05, 3.63) is 41.5 Å². The summed E-state index contributed by atoms with van der Waals surface area (Å²) in [7, 11) is 0. The monoisotopic (exact) mass is 314 g/mol. The largest absolute Gasteiger partial charge is 0.374 e. The molecule has 1 unspecified atom stereocenters. The molecule has 2 N–H and O–H groups in total. The van der Waals surface area contributed by atoms with Crippen LogP contribution in [0, 0.1) is 0 Å². The highest BCUT2D eigenvalue weighted by Gasteiger charge is 2.23. The van der Waals surface area contributed by atoms with Crippen molar-refractivity contribution in [3.63, 3.8) is 0 Å². The molecule has 3 rings (SSSR count). The summed E-state index contributed by atoms with van der Waals surface area (Å²) in [4.78, 5) is 16.3. The first kappa shape index (κ1) is 15.5. The van der Waals surface area contributed by atoms with Gasteiger partial charge in [-0.15, -0.1) is 0 Å². The molecule has 1 heterocycles. The van der Waals surface area contributed by atoms with Gasteiger partial charge in [-0.2, -0.15) is 4.98 Å². The minimum Gasteiger partial charge on any atom is -0.374 e. The second kappa shape index (κ2) is 6.40. The summed E-state index contributed by atoms with van der Waals surface area (Å²) in [5.74, 6) is 1.50. The van der Waals surface area contributed by atoms with E-state index in [1.807, 2.05) is 45.0 Å². The Morgan fingerprint density at radius 1 is 1.22 bits per heavy atom. The summed E-state index contributed by atoms with van der Waals surface area (Å²) in [6, 6.07) is 7.69. The Balaban J connectivity index is 1.61. The highest BCUT2D eigenvalue weighted by molar-refractivity contribution is 5.94. The first-order chi connectivity index (χ1) is 11.0. The summed E-state index contributed by atoms with van der Waals surface area (Å²) >= 11 is 0. The number of hydrogen-bond acceptors (Lipinski definition) is 5. The molecule has 0 radical (unpaired) electrons. The molecule has 1 aromatic carbocycles. The minimum absolute atomic E-state index is 0.00873. The standard InChI is InChI=1S/C17H22N4O2/c1-10(2)15-20-17(23-21-15)11(3)18-13-6-4-12(5-7-13)16(22)19-14-8-9-14/h4-7,10-11,14,18H,8-9H2,1-3H3,(H,19,22). The van der Waals surface area contributed by atoms with Crippen molar-refractivity contribution in [1.29, 1.82) is 0 Å². The number of rotatable bonds is 6. The molecule has 6 heteroatoms. The Morgan fingerprint density at radius 2 is 1.91 bits per heavy atom. The lowest BCUT2D eigenvalue weighted by Gasteiger charge is -2.11. The molecular formula is C17H22N4O2. The summed E-state index contributed by atoms with van der Waals surface area (Å²) in [5, 5.41) is 10.2. The van der Waals surface area contributed by atoms with Gasteiger partial charge in [0.15, 0.2) is 5.82 Å². The molecule has 1 aromatic heterocycles. The van der Waals surface area contributed by atoms with Gasteiger partial charge in [0.25, 0.3) is 5.91 Å². The van der Waals surface area contributed by atoms with Crippen LogP contribution in [0.5, 0.6) is 0 Å². The van der Waals surface area contributed by atoms with Gasteiger partial charge in [-0.25, -0.2) is 0 Å². The number of nitrogens with one attached hydrogen (secondary N) is 2. The molecule has 1 amide bonds. The molecule has 122 valence electrons. The summed E-state index contributed by atoms with van der Waals surface area (Å²) < 4.78 is 5.28. The Hall–Kier alpha value is -2.37. The molecule has 0 aliphatic heterocycles. The number of aromatic nitrogens is 2. The Morgan fingerprint density at radius 3 is 2.48 bits per heavy atom. The van der Waals surface area contributed by atoms with E-state index in [0.717, 1.165) is 18.5 Å². The molecule has 1 fully saturated rings. The summed E-state index contributed by atoms with van der Waals surface area (Å²) in [5.41, 5.74) is 1.58. The maximum absolute atomic E-state index is 12.0. The number of nitrogens with zero attached hydrogens (tertiary/aromatic N) is 2. The molecule has 1 aliphatic rings. The molecule has 0 bridgehead atoms. The van der Waals surface area contributed by atoms with E-state index >= 15 is 0 Å². The Bertz CT molecular complexity index is 674. The fourth-order valence-corrected chi connectivity index (χ4v) is 2.18. The lowest BCUT2D eigenvalue weighted by Crippen LogP contribution is -2.25. The van der Waals surface area contributed by atoms with Gasteiger partial charge >= 0.3 is 0 Å². The SMILES string of the molecule is CC(C)c1noc(C(C)Nc2ccc(C(=O)NC3CC3)cc2)n1. The van der Waals surface area contributed by atoms with Crippen molar-refractivity contribution in [2.24, 2.45) is 0 Å². The second-order valence-corrected chi connectivity index (χ2v) is 6.34. The quantitative estimate of drug-likeness (QED) is 0.855. The molecule has 1 aliphatic carbocycles. The number of benzene rings is 1. The summed E-state index contributed by atoms with van der Waals surface area (Å²) in [6.45, 7) is 6.02. The molecule has 2 aromatic rings. The van der Waals surface area contributed by atoms with E-state index in [0.29, 0.717) is 23.3 Å². The topological polar surface area (TPSA) is 80.0 Å². The van der Waals surface area contributed by atoms with Crippen LogP contribution in [0.4, 0.5) is 5.69 Å². The van der Waals surface area contributed by atoms with E-state index in [1.165, 1.54) is 0 Å². The first-order valence-electron chi connectivity index (χ1n) is 8.04. The van der Waals surface area contributed by atoms with Crippen LogP contribution in [0.15, 0.2) is 28.8 Å². The van der Waals surface area contributed by atoms with Crippen molar-refractivity contribution < 1.29 is 9.32 Å². The number of amides is 1. The van der Waals surface area contributed by atoms with Crippen molar-refractivity contribution >= 4 is 11.6 Å². The normalized spacial score (nSPS) is 15.5. The lowest BCUT2D eigenvalue weighted by atomic mass is 10.2. The van der Waals surface area contributed by atoms with Crippen LogP contribution in [0.2, 0.25) is 0 Å². The molecule has 1 atom stereocenters. The van der Waals surface area contributed by atoms with Crippen LogP contribution in [0.1, 0.15) is 67.6 Å². The van der Waals surface area contributed by atoms with E-state index in [-0.39, 0.29) is 17.9 Å². The van der Waals surface area contributed by atoms with Gasteiger partial charge in [0, 0.05) is 23.2 Å². The average molecular weight is 314 g/mol. The third-order valence-electron chi connectivity index (χ3n) is 3.79. The van der Waals surface area contributed by atoms with Crippen LogP contribution in [-0.2, 0) is 0 Å². The predicted octanol–water partition coefficient (Wildman–Crippen LogP) is 3.26. The molecule has 0 spiro atoms. The van der Waals surface area contributed by atoms with Gasteiger partial charge in [-0.05, 0) is 44.0 Å². The zero-order valence-corrected chi connectivity index (χ0v) is 13.7. The van der Waals surface area contributed by atoms with Gasteiger partial charge in [-0.3, -0.25) is 4.79 Å². The molecule has 1 saturated carbocycles. The van der Waals surface area contributed by atoms with E-state index in [9.17, 15) is 4.79 Å². The Kier molecular flexibility index (Phi) is 4.32. The molecular weight excluding hydrogens is 292 g/mol.